The lowest BCUT2D eigenvalue weighted by Gasteiger charge is -2.57. The topological polar surface area (TPSA) is 39.6 Å². The van der Waals surface area contributed by atoms with Crippen molar-refractivity contribution >= 4 is 0 Å². The van der Waals surface area contributed by atoms with Crippen molar-refractivity contribution in [2.24, 2.45) is 0 Å². The number of aliphatic hydroxyl groups excluding tert-OH is 1. The van der Waals surface area contributed by atoms with E-state index in [1.807, 2.05) is 42.7 Å². The van der Waals surface area contributed by atoms with E-state index in [0.717, 1.165) is 38.2 Å². The van der Waals surface area contributed by atoms with Gasteiger partial charge in [0.05, 0.1) is 6.61 Å². The Bertz CT molecular complexity index is 1030. The smallest absolute Gasteiger partial charge is 0.131 e. The molecule has 2 aromatic carbocycles. The molecule has 0 amide bonds. The summed E-state index contributed by atoms with van der Waals surface area (Å²) in [7, 11) is 0. The number of halogens is 1. The van der Waals surface area contributed by atoms with Gasteiger partial charge in [0.25, 0.3) is 0 Å². The van der Waals surface area contributed by atoms with E-state index in [2.05, 4.69) is 33.0 Å². The lowest BCUT2D eigenvalue weighted by atomic mass is 9.74. The predicted octanol–water partition coefficient (Wildman–Crippen LogP) is 4.31. The monoisotopic (exact) mass is 431 g/mol. The van der Waals surface area contributed by atoms with Crippen LogP contribution in [0.15, 0.2) is 73.1 Å². The van der Waals surface area contributed by atoms with Crippen molar-refractivity contribution in [2.45, 2.75) is 37.4 Å². The van der Waals surface area contributed by atoms with E-state index in [1.165, 1.54) is 23.6 Å². The third-order valence-electron chi connectivity index (χ3n) is 7.06. The zero-order valence-corrected chi connectivity index (χ0v) is 18.3. The van der Waals surface area contributed by atoms with Crippen LogP contribution < -0.4 is 0 Å². The van der Waals surface area contributed by atoms with Crippen LogP contribution >= 0.6 is 0 Å². The largest absolute Gasteiger partial charge is 0.395 e. The number of aromatic nitrogens is 1. The molecule has 0 radical (unpaired) electrons. The zero-order chi connectivity index (χ0) is 21.9. The average Bonchev–Trinajstić information content (AvgIpc) is 2.81. The van der Waals surface area contributed by atoms with Crippen molar-refractivity contribution in [3.63, 3.8) is 0 Å². The minimum atomic E-state index is -0.200. The van der Waals surface area contributed by atoms with Gasteiger partial charge in [-0.25, -0.2) is 4.39 Å². The van der Waals surface area contributed by atoms with Gasteiger partial charge >= 0.3 is 0 Å². The van der Waals surface area contributed by atoms with Gasteiger partial charge in [-0.3, -0.25) is 14.8 Å². The molecule has 1 N–H and O–H groups in total. The van der Waals surface area contributed by atoms with Crippen molar-refractivity contribution in [1.82, 2.24) is 14.8 Å². The Morgan fingerprint density at radius 1 is 0.969 bits per heavy atom. The molecule has 0 saturated carbocycles. The lowest BCUT2D eigenvalue weighted by Crippen LogP contribution is -2.67. The molecule has 0 aliphatic carbocycles. The fourth-order valence-corrected chi connectivity index (χ4v) is 5.49. The van der Waals surface area contributed by atoms with Crippen molar-refractivity contribution in [2.75, 3.05) is 26.2 Å². The predicted molar refractivity (Wildman–Crippen MR) is 125 cm³/mol. The number of hydrogen-bond donors (Lipinski definition) is 1. The third kappa shape index (κ3) is 4.20. The van der Waals surface area contributed by atoms with Gasteiger partial charge in [-0.1, -0.05) is 48.5 Å². The molecule has 3 aromatic rings. The molecule has 3 heterocycles. The summed E-state index contributed by atoms with van der Waals surface area (Å²) >= 11 is 0. The molecule has 5 heteroatoms. The molecular weight excluding hydrogens is 401 g/mol. The van der Waals surface area contributed by atoms with Gasteiger partial charge in [0.15, 0.2) is 0 Å². The minimum Gasteiger partial charge on any atom is -0.395 e. The summed E-state index contributed by atoms with van der Waals surface area (Å²) in [6.45, 7) is 4.17. The standard InChI is InChI=1S/C27H30FN3O/c28-24-8-2-1-7-23(24)21-9-11-22(12-10-21)27-25-18-30(17-20-6-5-13-29-16-20)14-3-4-15-31(25)26(27)19-32/h1-2,5-13,16,25-27,32H,3-4,14-15,17-19H2/t25-,26-,27-/m0/s1. The Hall–Kier alpha value is -2.60. The Kier molecular flexibility index (Phi) is 6.30. The van der Waals surface area contributed by atoms with Crippen LogP contribution in [0, 0.1) is 5.82 Å². The van der Waals surface area contributed by atoms with Crippen molar-refractivity contribution in [1.29, 1.82) is 0 Å². The van der Waals surface area contributed by atoms with Gasteiger partial charge in [0, 0.05) is 49.0 Å². The highest BCUT2D eigenvalue weighted by atomic mass is 19.1. The van der Waals surface area contributed by atoms with Crippen molar-refractivity contribution in [3.8, 4) is 11.1 Å². The number of fused-ring (bicyclic) bond motifs is 1. The first-order valence-electron chi connectivity index (χ1n) is 11.6. The second-order valence-corrected chi connectivity index (χ2v) is 8.99. The van der Waals surface area contributed by atoms with Crippen LogP contribution in [0.1, 0.15) is 29.9 Å². The van der Waals surface area contributed by atoms with Gasteiger partial charge in [0.1, 0.15) is 5.82 Å². The Labute approximate surface area is 189 Å². The zero-order valence-electron chi connectivity index (χ0n) is 18.3. The molecule has 32 heavy (non-hydrogen) atoms. The SMILES string of the molecule is OC[C@H]1[C@@H](c2ccc(-c3ccccc3F)cc2)[C@@H]2CN(Cc3cccnc3)CCCCN12. The van der Waals surface area contributed by atoms with Crippen LogP contribution in [0.3, 0.4) is 0 Å². The maximum atomic E-state index is 14.2. The molecule has 5 rings (SSSR count). The summed E-state index contributed by atoms with van der Waals surface area (Å²) < 4.78 is 14.2. The molecular formula is C27H30FN3O. The highest BCUT2D eigenvalue weighted by Gasteiger charge is 2.49. The summed E-state index contributed by atoms with van der Waals surface area (Å²) in [5, 5.41) is 10.2. The second kappa shape index (κ2) is 9.49. The van der Waals surface area contributed by atoms with E-state index in [4.69, 9.17) is 0 Å². The fraction of sp³-hybridized carbons (Fsp3) is 0.370. The van der Waals surface area contributed by atoms with E-state index in [9.17, 15) is 9.50 Å². The molecule has 166 valence electrons. The van der Waals surface area contributed by atoms with Gasteiger partial charge in [-0.05, 0) is 54.8 Å². The molecule has 2 aliphatic heterocycles. The van der Waals surface area contributed by atoms with E-state index in [1.54, 1.807) is 6.07 Å². The van der Waals surface area contributed by atoms with E-state index < -0.39 is 0 Å². The van der Waals surface area contributed by atoms with Crippen LogP contribution in [-0.4, -0.2) is 58.2 Å². The number of aliphatic hydroxyl groups is 1. The quantitative estimate of drug-likeness (QED) is 0.653. The number of pyridine rings is 1. The number of hydrogen-bond acceptors (Lipinski definition) is 4. The molecule has 0 unspecified atom stereocenters. The first-order chi connectivity index (χ1) is 15.7. The van der Waals surface area contributed by atoms with Crippen LogP contribution in [0.4, 0.5) is 4.39 Å². The van der Waals surface area contributed by atoms with E-state index >= 15 is 0 Å². The molecule has 1 aromatic heterocycles. The maximum Gasteiger partial charge on any atom is 0.131 e. The fourth-order valence-electron chi connectivity index (χ4n) is 5.49. The summed E-state index contributed by atoms with van der Waals surface area (Å²) in [5.41, 5.74) is 3.98. The lowest BCUT2D eigenvalue weighted by molar-refractivity contribution is -0.0655. The number of benzene rings is 2. The Morgan fingerprint density at radius 3 is 2.53 bits per heavy atom. The molecule has 0 spiro atoms. The normalized spacial score (nSPS) is 24.2. The highest BCUT2D eigenvalue weighted by molar-refractivity contribution is 5.64. The van der Waals surface area contributed by atoms with E-state index in [0.29, 0.717) is 11.6 Å². The van der Waals surface area contributed by atoms with Crippen LogP contribution in [0.5, 0.6) is 0 Å². The highest BCUT2D eigenvalue weighted by Crippen LogP contribution is 2.42. The Balaban J connectivity index is 1.37. The second-order valence-electron chi connectivity index (χ2n) is 8.99. The molecule has 2 saturated heterocycles. The van der Waals surface area contributed by atoms with Crippen LogP contribution in [-0.2, 0) is 6.54 Å². The molecule has 4 nitrogen and oxygen atoms in total. The van der Waals surface area contributed by atoms with Gasteiger partial charge < -0.3 is 5.11 Å². The minimum absolute atomic E-state index is 0.151. The van der Waals surface area contributed by atoms with Crippen LogP contribution in [0.25, 0.3) is 11.1 Å². The van der Waals surface area contributed by atoms with Gasteiger partial charge in [-0.2, -0.15) is 0 Å². The Morgan fingerprint density at radius 2 is 1.78 bits per heavy atom. The summed E-state index contributed by atoms with van der Waals surface area (Å²) in [4.78, 5) is 9.29. The van der Waals surface area contributed by atoms with Crippen LogP contribution in [0.2, 0.25) is 0 Å². The maximum absolute atomic E-state index is 14.2. The third-order valence-corrected chi connectivity index (χ3v) is 7.06. The average molecular weight is 432 g/mol. The molecule has 0 bridgehead atoms. The first kappa shape index (κ1) is 21.3. The van der Waals surface area contributed by atoms with Gasteiger partial charge in [0.2, 0.25) is 0 Å². The van der Waals surface area contributed by atoms with E-state index in [-0.39, 0.29) is 24.4 Å². The first-order valence-corrected chi connectivity index (χ1v) is 11.6. The number of nitrogens with zero attached hydrogens (tertiary/aromatic N) is 3. The van der Waals surface area contributed by atoms with Crippen molar-refractivity contribution in [3.05, 3.63) is 90.0 Å². The molecule has 2 fully saturated rings. The summed E-state index contributed by atoms with van der Waals surface area (Å²) in [6.07, 6.45) is 6.09. The molecule has 2 aliphatic rings. The van der Waals surface area contributed by atoms with Gasteiger partial charge in [-0.15, -0.1) is 0 Å². The summed E-state index contributed by atoms with van der Waals surface area (Å²) in [6, 6.07) is 19.8. The molecule has 3 atom stereocenters. The van der Waals surface area contributed by atoms with Crippen molar-refractivity contribution < 1.29 is 9.50 Å². The summed E-state index contributed by atoms with van der Waals surface area (Å²) in [5.74, 6) is 0.0820. The number of rotatable bonds is 5.